The third-order valence-electron chi connectivity index (χ3n) is 0.732. The lowest BCUT2D eigenvalue weighted by molar-refractivity contribution is 0.934. The molecule has 0 radical (unpaired) electrons. The number of hydrogen-bond donors (Lipinski definition) is 0. The molecule has 0 N–H and O–H groups in total. The summed E-state index contributed by atoms with van der Waals surface area (Å²) in [6.07, 6.45) is 0.103. The van der Waals surface area contributed by atoms with Gasteiger partial charge in [-0.15, -0.1) is 0 Å². The lowest BCUT2D eigenvalue weighted by Crippen LogP contribution is -1.89. The third kappa shape index (κ3) is 1.75. The van der Waals surface area contributed by atoms with E-state index < -0.39 is 13.2 Å². The molecular weight excluding hydrogens is 180 g/mol. The highest BCUT2D eigenvalue weighted by molar-refractivity contribution is 9.10. The molecule has 0 atom stereocenters. The van der Waals surface area contributed by atoms with Gasteiger partial charge in [-0.1, -0.05) is 6.85 Å². The van der Waals surface area contributed by atoms with Gasteiger partial charge in [0.05, 0.1) is 4.47 Å². The van der Waals surface area contributed by atoms with Crippen molar-refractivity contribution >= 4 is 15.9 Å². The number of halogens is 1. The first-order valence-electron chi connectivity index (χ1n) is 4.73. The van der Waals surface area contributed by atoms with Crippen molar-refractivity contribution in [3.63, 3.8) is 0 Å². The highest BCUT2D eigenvalue weighted by atomic mass is 79.9. The number of hydrogen-bond acceptors (Lipinski definition) is 2. The summed E-state index contributed by atoms with van der Waals surface area (Å²) in [5.74, 6) is -0.333. The van der Waals surface area contributed by atoms with Gasteiger partial charge in [-0.3, -0.25) is 0 Å². The molecule has 3 heteroatoms. The topological polar surface area (TPSA) is 25.8 Å². The van der Waals surface area contributed by atoms with Gasteiger partial charge < -0.3 is 0 Å². The van der Waals surface area contributed by atoms with Crippen molar-refractivity contribution in [3.8, 4) is 0 Å². The standard InChI is InChI=1S/C6H7BrN2/c1-2-6-8-3-5(7)4-9-6/h3-4H,2H2,1H3/i1D3,2D2. The second-order valence-electron chi connectivity index (χ2n) is 1.35. The first-order chi connectivity index (χ1) is 6.25. The molecule has 48 valence electrons. The Labute approximate surface area is 69.5 Å². The van der Waals surface area contributed by atoms with Crippen LogP contribution in [0, 0.1) is 0 Å². The van der Waals surface area contributed by atoms with Crippen molar-refractivity contribution in [2.45, 2.75) is 13.2 Å². The molecule has 1 heterocycles. The normalized spacial score (nSPS) is 20.8. The Morgan fingerprint density at radius 3 is 3.00 bits per heavy atom. The molecule has 1 aromatic heterocycles. The number of rotatable bonds is 1. The SMILES string of the molecule is [2H]C([2H])([2H])C([2H])([2H])c1ncc(Br)cn1. The van der Waals surface area contributed by atoms with E-state index in [4.69, 9.17) is 6.85 Å². The predicted molar refractivity (Wildman–Crippen MR) is 39.1 cm³/mol. The molecule has 0 aliphatic heterocycles. The predicted octanol–water partition coefficient (Wildman–Crippen LogP) is 1.80. The molecule has 0 aromatic carbocycles. The van der Waals surface area contributed by atoms with Crippen LogP contribution in [-0.2, 0) is 6.37 Å². The molecule has 0 bridgehead atoms. The van der Waals surface area contributed by atoms with Crippen LogP contribution in [0.5, 0.6) is 0 Å². The highest BCUT2D eigenvalue weighted by Gasteiger charge is 1.89. The molecule has 0 spiro atoms. The third-order valence-corrected chi connectivity index (χ3v) is 1.14. The molecular formula is C6H7BrN2. The molecule has 0 aliphatic rings. The number of aromatic nitrogens is 2. The quantitative estimate of drug-likeness (QED) is 0.677. The molecule has 1 aromatic rings. The Morgan fingerprint density at radius 2 is 2.44 bits per heavy atom. The fraction of sp³-hybridized carbons (Fsp3) is 0.333. The lowest BCUT2D eigenvalue weighted by atomic mass is 10.4. The fourth-order valence-electron chi connectivity index (χ4n) is 0.377. The Kier molecular flexibility index (Phi) is 0.862. The maximum absolute atomic E-state index is 7.35. The smallest absolute Gasteiger partial charge is 0.128 e. The lowest BCUT2D eigenvalue weighted by Gasteiger charge is -1.91. The van der Waals surface area contributed by atoms with Crippen LogP contribution in [0.4, 0.5) is 0 Å². The van der Waals surface area contributed by atoms with Gasteiger partial charge >= 0.3 is 0 Å². The van der Waals surface area contributed by atoms with E-state index in [1.807, 2.05) is 0 Å². The van der Waals surface area contributed by atoms with Gasteiger partial charge in [-0.05, 0) is 15.9 Å². The van der Waals surface area contributed by atoms with Crippen LogP contribution < -0.4 is 0 Å². The molecule has 1 rings (SSSR count). The van der Waals surface area contributed by atoms with Crippen molar-refractivity contribution in [1.29, 1.82) is 0 Å². The van der Waals surface area contributed by atoms with E-state index in [-0.39, 0.29) is 5.82 Å². The Hall–Kier alpha value is -0.440. The van der Waals surface area contributed by atoms with Gasteiger partial charge in [0.15, 0.2) is 0 Å². The largest absolute Gasteiger partial charge is 0.240 e. The second kappa shape index (κ2) is 2.92. The van der Waals surface area contributed by atoms with E-state index in [1.54, 1.807) is 0 Å². The van der Waals surface area contributed by atoms with Gasteiger partial charge in [0.1, 0.15) is 5.82 Å². The van der Waals surface area contributed by atoms with Crippen molar-refractivity contribution in [2.75, 3.05) is 0 Å². The zero-order chi connectivity index (χ0) is 11.0. The Bertz CT molecular complexity index is 320. The number of aryl methyl sites for hydroxylation is 1. The molecule has 2 nitrogen and oxygen atoms in total. The summed E-state index contributed by atoms with van der Waals surface area (Å²) in [4.78, 5) is 7.25. The minimum atomic E-state index is -2.76. The average molecular weight is 192 g/mol. The van der Waals surface area contributed by atoms with Gasteiger partial charge in [0, 0.05) is 25.6 Å². The van der Waals surface area contributed by atoms with Crippen molar-refractivity contribution in [2.24, 2.45) is 0 Å². The van der Waals surface area contributed by atoms with Gasteiger partial charge in [-0.2, -0.15) is 0 Å². The van der Waals surface area contributed by atoms with Crippen LogP contribution in [0.1, 0.15) is 19.5 Å². The van der Waals surface area contributed by atoms with E-state index in [0.29, 0.717) is 4.47 Å². The molecule has 0 saturated heterocycles. The van der Waals surface area contributed by atoms with Crippen LogP contribution in [0.2, 0.25) is 0 Å². The van der Waals surface area contributed by atoms with Crippen LogP contribution in [-0.4, -0.2) is 9.97 Å². The zero-order valence-electron chi connectivity index (χ0n) is 9.43. The van der Waals surface area contributed by atoms with Crippen LogP contribution in [0.25, 0.3) is 0 Å². The Balaban J connectivity index is 3.10. The zero-order valence-corrected chi connectivity index (χ0v) is 6.01. The summed E-state index contributed by atoms with van der Waals surface area (Å²) in [6, 6.07) is 0. The minimum absolute atomic E-state index is 0.333. The van der Waals surface area contributed by atoms with Crippen molar-refractivity contribution in [3.05, 3.63) is 22.7 Å². The summed E-state index contributed by atoms with van der Waals surface area (Å²) >= 11 is 3.07. The highest BCUT2D eigenvalue weighted by Crippen LogP contribution is 2.03. The van der Waals surface area contributed by atoms with Crippen LogP contribution in [0.15, 0.2) is 16.9 Å². The maximum atomic E-state index is 7.35. The molecule has 0 amide bonds. The first-order valence-corrected chi connectivity index (χ1v) is 3.02. The van der Waals surface area contributed by atoms with E-state index in [9.17, 15) is 0 Å². The first kappa shape index (κ1) is 2.66. The van der Waals surface area contributed by atoms with Crippen molar-refractivity contribution in [1.82, 2.24) is 9.97 Å². The van der Waals surface area contributed by atoms with E-state index in [0.717, 1.165) is 0 Å². The molecule has 0 fully saturated rings. The van der Waals surface area contributed by atoms with Crippen LogP contribution >= 0.6 is 15.9 Å². The van der Waals surface area contributed by atoms with Gasteiger partial charge in [0.25, 0.3) is 0 Å². The summed E-state index contributed by atoms with van der Waals surface area (Å²) in [5.41, 5.74) is 0. The minimum Gasteiger partial charge on any atom is -0.240 e. The van der Waals surface area contributed by atoms with Crippen LogP contribution in [0.3, 0.4) is 0 Å². The summed E-state index contributed by atoms with van der Waals surface area (Å²) < 4.78 is 36.3. The van der Waals surface area contributed by atoms with Gasteiger partial charge in [-0.25, -0.2) is 9.97 Å². The van der Waals surface area contributed by atoms with Gasteiger partial charge in [0.2, 0.25) is 0 Å². The average Bonchev–Trinajstić information content (AvgIpc) is 2.03. The number of nitrogens with zero attached hydrogens (tertiary/aromatic N) is 2. The molecule has 0 unspecified atom stereocenters. The van der Waals surface area contributed by atoms with E-state index in [1.165, 1.54) is 12.4 Å². The molecule has 9 heavy (non-hydrogen) atoms. The fourth-order valence-corrected chi connectivity index (χ4v) is 0.582. The second-order valence-corrected chi connectivity index (χ2v) is 2.27. The summed E-state index contributed by atoms with van der Waals surface area (Å²) in [5, 5.41) is 0. The monoisotopic (exact) mass is 191 g/mol. The Morgan fingerprint density at radius 1 is 1.78 bits per heavy atom. The summed E-state index contributed by atoms with van der Waals surface area (Å²) in [6.45, 7) is -2.76. The molecule has 0 aliphatic carbocycles. The summed E-state index contributed by atoms with van der Waals surface area (Å²) in [7, 11) is 0. The van der Waals surface area contributed by atoms with Crippen molar-refractivity contribution < 1.29 is 6.85 Å². The maximum Gasteiger partial charge on any atom is 0.128 e. The molecule has 0 saturated carbocycles. The van der Waals surface area contributed by atoms with E-state index in [2.05, 4.69) is 25.9 Å². The van der Waals surface area contributed by atoms with E-state index >= 15 is 0 Å².